The Labute approximate surface area is 187 Å². The van der Waals surface area contributed by atoms with Crippen LogP contribution in [0.5, 0.6) is 0 Å². The molecule has 1 atom stereocenters. The molecule has 0 aliphatic carbocycles. The average molecular weight is 450 g/mol. The van der Waals surface area contributed by atoms with Crippen molar-refractivity contribution in [1.82, 2.24) is 20.5 Å². The number of amides is 2. The molecule has 9 heteroatoms. The summed E-state index contributed by atoms with van der Waals surface area (Å²) in [7, 11) is 0. The summed E-state index contributed by atoms with van der Waals surface area (Å²) in [5.41, 5.74) is 1.16. The maximum Gasteiger partial charge on any atom is 0.258 e. The van der Waals surface area contributed by atoms with Gasteiger partial charge in [-0.2, -0.15) is 5.10 Å². The Morgan fingerprint density at radius 3 is 2.56 bits per heavy atom. The molecule has 7 nitrogen and oxygen atoms in total. The van der Waals surface area contributed by atoms with Gasteiger partial charge in [0.25, 0.3) is 11.8 Å². The Hall–Kier alpha value is -3.85. The summed E-state index contributed by atoms with van der Waals surface area (Å²) in [5, 5.41) is 14.5. The lowest BCUT2D eigenvalue weighted by molar-refractivity contribution is 0.0939. The Balaban J connectivity index is 1.53. The Bertz CT molecular complexity index is 1270. The third-order valence-electron chi connectivity index (χ3n) is 4.88. The van der Waals surface area contributed by atoms with E-state index in [0.29, 0.717) is 22.9 Å². The van der Waals surface area contributed by atoms with E-state index >= 15 is 0 Å². The first kappa shape index (κ1) is 21.4. The molecule has 0 radical (unpaired) electrons. The van der Waals surface area contributed by atoms with E-state index < -0.39 is 23.7 Å². The molecule has 2 aromatic heterocycles. The van der Waals surface area contributed by atoms with Crippen LogP contribution in [-0.4, -0.2) is 27.0 Å². The summed E-state index contributed by atoms with van der Waals surface area (Å²) in [6.07, 6.45) is 0. The van der Waals surface area contributed by atoms with Crippen molar-refractivity contribution in [3.05, 3.63) is 88.3 Å². The largest absolute Gasteiger partial charge is 0.342 e. The molecule has 2 amide bonds. The molecule has 0 aliphatic heterocycles. The molecule has 4 rings (SSSR count). The second kappa shape index (κ2) is 9.11. The lowest BCUT2D eigenvalue weighted by atomic mass is 10.1. The lowest BCUT2D eigenvalue weighted by Gasteiger charge is -2.16. The van der Waals surface area contributed by atoms with Gasteiger partial charge in [0.1, 0.15) is 11.6 Å². The first-order valence-electron chi connectivity index (χ1n) is 9.86. The molecular weight excluding hydrogens is 429 g/mol. The van der Waals surface area contributed by atoms with Crippen molar-refractivity contribution < 1.29 is 14.0 Å². The number of hydrogen-bond acceptors (Lipinski definition) is 5. The molecule has 0 fully saturated rings. The van der Waals surface area contributed by atoms with E-state index in [0.717, 1.165) is 4.88 Å². The lowest BCUT2D eigenvalue weighted by Crippen LogP contribution is -2.29. The van der Waals surface area contributed by atoms with Crippen LogP contribution >= 0.6 is 11.3 Å². The van der Waals surface area contributed by atoms with Crippen molar-refractivity contribution in [2.24, 2.45) is 0 Å². The highest BCUT2D eigenvalue weighted by atomic mass is 32.1. The molecule has 0 saturated carbocycles. The van der Waals surface area contributed by atoms with Gasteiger partial charge in [0.05, 0.1) is 27.7 Å². The van der Waals surface area contributed by atoms with E-state index in [-0.39, 0.29) is 11.1 Å². The fraction of sp³-hybridized carbons (Fsp3) is 0.130. The number of aromatic nitrogens is 3. The monoisotopic (exact) mass is 449 g/mol. The van der Waals surface area contributed by atoms with Gasteiger partial charge in [0.15, 0.2) is 5.82 Å². The van der Waals surface area contributed by atoms with Gasteiger partial charge in [-0.25, -0.2) is 9.37 Å². The molecule has 4 aromatic rings. The number of nitrogens with zero attached hydrogens (tertiary/aromatic N) is 2. The number of para-hydroxylation sites is 1. The summed E-state index contributed by atoms with van der Waals surface area (Å²) in [6, 6.07) is 14.1. The summed E-state index contributed by atoms with van der Waals surface area (Å²) in [6.45, 7) is 3.55. The minimum atomic E-state index is -0.634. The molecule has 3 N–H and O–H groups in total. The zero-order valence-electron chi connectivity index (χ0n) is 17.3. The van der Waals surface area contributed by atoms with Crippen molar-refractivity contribution in [2.75, 3.05) is 5.32 Å². The van der Waals surface area contributed by atoms with Crippen molar-refractivity contribution in [3.63, 3.8) is 0 Å². The summed E-state index contributed by atoms with van der Waals surface area (Å²) < 4.78 is 14.0. The number of H-pyrrole nitrogens is 1. The van der Waals surface area contributed by atoms with Crippen LogP contribution in [0.4, 0.5) is 10.1 Å². The van der Waals surface area contributed by atoms with Gasteiger partial charge in [0.2, 0.25) is 0 Å². The van der Waals surface area contributed by atoms with Crippen LogP contribution in [0.2, 0.25) is 0 Å². The van der Waals surface area contributed by atoms with Crippen LogP contribution in [0, 0.1) is 12.7 Å². The zero-order chi connectivity index (χ0) is 22.7. The molecular formula is C23H20FN5O2S. The van der Waals surface area contributed by atoms with E-state index in [9.17, 15) is 14.0 Å². The maximum atomic E-state index is 14.0. The van der Waals surface area contributed by atoms with Gasteiger partial charge in [-0.05, 0) is 49.1 Å². The Morgan fingerprint density at radius 1 is 1.03 bits per heavy atom. The average Bonchev–Trinajstić information content (AvgIpc) is 3.47. The van der Waals surface area contributed by atoms with Crippen molar-refractivity contribution in [3.8, 4) is 10.7 Å². The highest BCUT2D eigenvalue weighted by Crippen LogP contribution is 2.24. The van der Waals surface area contributed by atoms with Gasteiger partial charge in [-0.15, -0.1) is 11.3 Å². The smallest absolute Gasteiger partial charge is 0.258 e. The van der Waals surface area contributed by atoms with E-state index in [1.807, 2.05) is 17.5 Å². The molecule has 0 aliphatic rings. The predicted molar refractivity (Wildman–Crippen MR) is 121 cm³/mol. The Kier molecular flexibility index (Phi) is 6.09. The number of thiophene rings is 1. The quantitative estimate of drug-likeness (QED) is 0.396. The number of aromatic amines is 1. The van der Waals surface area contributed by atoms with E-state index in [4.69, 9.17) is 0 Å². The maximum absolute atomic E-state index is 14.0. The fourth-order valence-electron chi connectivity index (χ4n) is 3.18. The molecule has 0 spiro atoms. The number of carbonyl (C=O) groups is 2. The van der Waals surface area contributed by atoms with Gasteiger partial charge in [-0.1, -0.05) is 30.3 Å². The number of nitrogens with one attached hydrogen (secondary N) is 3. The molecule has 2 heterocycles. The molecule has 0 bridgehead atoms. The number of benzene rings is 2. The minimum Gasteiger partial charge on any atom is -0.342 e. The SMILES string of the molecule is Cc1cccc(C(=O)NC(C)c2nc(-c3cccs3)n[nH]2)c1NC(=O)c1ccccc1F. The standard InChI is InChI=1S/C23H20FN5O2S/c1-13-7-5-9-16(19(13)26-22(30)15-8-3-4-10-17(15)24)23(31)25-14(2)20-27-21(29-28-20)18-11-6-12-32-18/h3-12,14H,1-2H3,(H,25,31)(H,26,30)(H,27,28,29). The van der Waals surface area contributed by atoms with Crippen molar-refractivity contribution in [2.45, 2.75) is 19.9 Å². The summed E-state index contributed by atoms with van der Waals surface area (Å²) in [5.74, 6) is -0.602. The topological polar surface area (TPSA) is 99.8 Å². The highest BCUT2D eigenvalue weighted by Gasteiger charge is 2.21. The first-order valence-corrected chi connectivity index (χ1v) is 10.7. The van der Waals surface area contributed by atoms with Crippen LogP contribution < -0.4 is 10.6 Å². The summed E-state index contributed by atoms with van der Waals surface area (Å²) in [4.78, 5) is 31.0. The molecule has 1 unspecified atom stereocenters. The number of hydrogen-bond donors (Lipinski definition) is 3. The number of rotatable bonds is 6. The van der Waals surface area contributed by atoms with E-state index in [2.05, 4.69) is 25.8 Å². The van der Waals surface area contributed by atoms with Crippen LogP contribution in [0.25, 0.3) is 10.7 Å². The predicted octanol–water partition coefficient (Wildman–Crippen LogP) is 4.72. The van der Waals surface area contributed by atoms with Crippen LogP contribution in [-0.2, 0) is 0 Å². The van der Waals surface area contributed by atoms with Gasteiger partial charge in [0, 0.05) is 0 Å². The van der Waals surface area contributed by atoms with Crippen molar-refractivity contribution >= 4 is 28.8 Å². The number of aryl methyl sites for hydroxylation is 1. The minimum absolute atomic E-state index is 0.0988. The normalized spacial score (nSPS) is 11.7. The third kappa shape index (κ3) is 4.42. The number of carbonyl (C=O) groups excluding carboxylic acids is 2. The van der Waals surface area contributed by atoms with Crippen LogP contribution in [0.1, 0.15) is 45.1 Å². The molecule has 0 saturated heterocycles. The van der Waals surface area contributed by atoms with Crippen molar-refractivity contribution in [1.29, 1.82) is 0 Å². The molecule has 2 aromatic carbocycles. The number of anilines is 1. The van der Waals surface area contributed by atoms with E-state index in [1.54, 1.807) is 38.1 Å². The van der Waals surface area contributed by atoms with Gasteiger partial charge >= 0.3 is 0 Å². The summed E-state index contributed by atoms with van der Waals surface area (Å²) >= 11 is 1.52. The van der Waals surface area contributed by atoms with Crippen LogP contribution in [0.15, 0.2) is 60.0 Å². The highest BCUT2D eigenvalue weighted by molar-refractivity contribution is 7.13. The van der Waals surface area contributed by atoms with Gasteiger partial charge in [-0.3, -0.25) is 14.7 Å². The van der Waals surface area contributed by atoms with Crippen LogP contribution in [0.3, 0.4) is 0 Å². The molecule has 162 valence electrons. The fourth-order valence-corrected chi connectivity index (χ4v) is 3.83. The Morgan fingerprint density at radius 2 is 1.81 bits per heavy atom. The number of halogens is 1. The van der Waals surface area contributed by atoms with Gasteiger partial charge < -0.3 is 10.6 Å². The second-order valence-electron chi connectivity index (χ2n) is 7.15. The molecule has 32 heavy (non-hydrogen) atoms. The third-order valence-corrected chi connectivity index (χ3v) is 5.74. The van der Waals surface area contributed by atoms with E-state index in [1.165, 1.54) is 29.5 Å². The zero-order valence-corrected chi connectivity index (χ0v) is 18.2. The second-order valence-corrected chi connectivity index (χ2v) is 8.10. The first-order chi connectivity index (χ1) is 15.4.